The fourth-order valence-electron chi connectivity index (χ4n) is 0.746. The normalized spacial score (nSPS) is 21.8. The molecule has 1 aliphatic rings. The molecule has 0 spiro atoms. The molecule has 64 valence electrons. The van der Waals surface area contributed by atoms with Crippen molar-refractivity contribution in [3.63, 3.8) is 0 Å². The maximum absolute atomic E-state index is 10.5. The third-order valence-corrected chi connectivity index (χ3v) is 7.73. The zero-order valence-electron chi connectivity index (χ0n) is 5.53. The predicted octanol–water partition coefficient (Wildman–Crippen LogP) is 0.538. The number of rotatable bonds is 2. The molecular formula is C5H12N2O2Pt. The topological polar surface area (TPSA) is 89.3 Å². The zero-order valence-corrected chi connectivity index (χ0v) is 7.80. The summed E-state index contributed by atoms with van der Waals surface area (Å²) in [6, 6.07) is 0. The van der Waals surface area contributed by atoms with Crippen LogP contribution in [-0.4, -0.2) is 9.47 Å². The van der Waals surface area contributed by atoms with Crippen LogP contribution in [0.2, 0.25) is 4.31 Å². The first-order chi connectivity index (χ1) is 4.55. The van der Waals surface area contributed by atoms with E-state index in [4.69, 9.17) is 13.7 Å². The van der Waals surface area contributed by atoms with E-state index >= 15 is 0 Å². The molecule has 0 amide bonds. The Balaban J connectivity index is 2.57. The van der Waals surface area contributed by atoms with Gasteiger partial charge >= 0.3 is 63.0 Å². The standard InChI is InChI=1S/C4H7.CHO2.2H2N.Pt/c1-2-4-3-1;2-1-3;;;/h1H,2-4H2;(H,2,3);2*1H2;/q;;2*-1;+2. The minimum atomic E-state index is -3.30. The number of nitrogens with two attached hydrogens (primary N) is 2. The summed E-state index contributed by atoms with van der Waals surface area (Å²) < 4.78 is 10.3. The minimum absolute atomic E-state index is 0.157. The van der Waals surface area contributed by atoms with Crippen molar-refractivity contribution in [1.29, 1.82) is 0 Å². The van der Waals surface area contributed by atoms with E-state index in [1.165, 1.54) is 0 Å². The second-order valence-corrected chi connectivity index (χ2v) is 9.36. The van der Waals surface area contributed by atoms with Gasteiger partial charge in [0.15, 0.2) is 0 Å². The molecule has 10 heavy (non-hydrogen) atoms. The molecule has 1 fully saturated rings. The van der Waals surface area contributed by atoms with Crippen LogP contribution in [0.15, 0.2) is 0 Å². The Labute approximate surface area is 63.4 Å². The van der Waals surface area contributed by atoms with E-state index < -0.39 is 20.9 Å². The van der Waals surface area contributed by atoms with Crippen molar-refractivity contribution >= 4 is 4.36 Å². The van der Waals surface area contributed by atoms with E-state index in [1.54, 1.807) is 0 Å². The van der Waals surface area contributed by atoms with Gasteiger partial charge in [-0.05, 0) is 0 Å². The summed E-state index contributed by atoms with van der Waals surface area (Å²) in [4.78, 5) is 10.5. The van der Waals surface area contributed by atoms with Crippen molar-refractivity contribution in [2.75, 3.05) is 0 Å². The summed E-state index contributed by atoms with van der Waals surface area (Å²) in [5.74, 6) is 0. The Morgan fingerprint density at radius 1 is 1.50 bits per heavy atom. The van der Waals surface area contributed by atoms with Crippen LogP contribution < -0.4 is 8.58 Å². The van der Waals surface area contributed by atoms with E-state index in [9.17, 15) is 4.79 Å². The van der Waals surface area contributed by atoms with Crippen LogP contribution in [0.3, 0.4) is 0 Å². The fourth-order valence-corrected chi connectivity index (χ4v) is 4.64. The third kappa shape index (κ3) is 1.24. The SMILES string of the molecule is [NH2][Pt]([NH2])([C](=O)O)[CH]1CCC1. The van der Waals surface area contributed by atoms with Gasteiger partial charge < -0.3 is 0 Å². The van der Waals surface area contributed by atoms with Gasteiger partial charge in [0.25, 0.3) is 0 Å². The molecule has 0 aromatic rings. The van der Waals surface area contributed by atoms with Crippen LogP contribution >= 0.6 is 0 Å². The molecule has 1 saturated carbocycles. The molecular weight excluding hydrogens is 315 g/mol. The number of carbonyl (C=O) groups is 1. The Bertz CT molecular complexity index is 156. The van der Waals surface area contributed by atoms with Gasteiger partial charge in [0.2, 0.25) is 0 Å². The Kier molecular flexibility index (Phi) is 2.13. The first-order valence-corrected chi connectivity index (χ1v) is 8.02. The van der Waals surface area contributed by atoms with Crippen LogP contribution in [0, 0.1) is 0 Å². The molecule has 0 heterocycles. The number of carboxylic acid groups (broad SMARTS) is 1. The van der Waals surface area contributed by atoms with E-state index in [2.05, 4.69) is 0 Å². The van der Waals surface area contributed by atoms with Crippen LogP contribution in [0.5, 0.6) is 0 Å². The van der Waals surface area contributed by atoms with Crippen molar-refractivity contribution < 1.29 is 26.5 Å². The molecule has 1 rings (SSSR count). The van der Waals surface area contributed by atoms with E-state index in [0.29, 0.717) is 0 Å². The third-order valence-electron chi connectivity index (χ3n) is 1.66. The molecule has 4 nitrogen and oxygen atoms in total. The van der Waals surface area contributed by atoms with Gasteiger partial charge in [-0.25, -0.2) is 0 Å². The molecule has 0 bridgehead atoms. The quantitative estimate of drug-likeness (QED) is 0.690. The van der Waals surface area contributed by atoms with E-state index in [1.807, 2.05) is 0 Å². The molecule has 1 aliphatic carbocycles. The molecule has 0 saturated heterocycles. The molecule has 0 aromatic heterocycles. The van der Waals surface area contributed by atoms with Crippen molar-refractivity contribution in [2.45, 2.75) is 23.6 Å². The van der Waals surface area contributed by atoms with Crippen molar-refractivity contribution in [2.24, 2.45) is 8.58 Å². The first-order valence-electron chi connectivity index (χ1n) is 2.95. The summed E-state index contributed by atoms with van der Waals surface area (Å²) in [5, 5.41) is 8.61. The van der Waals surface area contributed by atoms with Gasteiger partial charge in [-0.1, -0.05) is 0 Å². The molecule has 0 aromatic carbocycles. The second kappa shape index (κ2) is 2.61. The summed E-state index contributed by atoms with van der Waals surface area (Å²) >= 11 is -3.30. The summed E-state index contributed by atoms with van der Waals surface area (Å²) in [6.45, 7) is 0. The van der Waals surface area contributed by atoms with Crippen LogP contribution in [0.4, 0.5) is 4.79 Å². The summed E-state index contributed by atoms with van der Waals surface area (Å²) in [5.41, 5.74) is 0. The summed E-state index contributed by atoms with van der Waals surface area (Å²) in [6.07, 6.45) is 2.95. The molecule has 0 atom stereocenters. The number of hydrogen-bond acceptors (Lipinski definition) is 3. The van der Waals surface area contributed by atoms with Gasteiger partial charge in [0, 0.05) is 0 Å². The molecule has 0 radical (unpaired) electrons. The first kappa shape index (κ1) is 8.18. The predicted molar refractivity (Wildman–Crippen MR) is 34.0 cm³/mol. The maximum atomic E-state index is 10.5. The van der Waals surface area contributed by atoms with Gasteiger partial charge in [-0.15, -0.1) is 0 Å². The second-order valence-electron chi connectivity index (χ2n) is 2.29. The van der Waals surface area contributed by atoms with Gasteiger partial charge in [0.1, 0.15) is 0 Å². The molecule has 0 aliphatic heterocycles. The Hall–Kier alpha value is 0.0783. The Morgan fingerprint density at radius 2 is 2.00 bits per heavy atom. The molecule has 5 heteroatoms. The molecule has 0 unspecified atom stereocenters. The van der Waals surface area contributed by atoms with Crippen LogP contribution in [0.25, 0.3) is 0 Å². The average Bonchev–Trinajstić information content (AvgIpc) is 1.57. The monoisotopic (exact) mass is 327 g/mol. The van der Waals surface area contributed by atoms with Gasteiger partial charge in [0.05, 0.1) is 0 Å². The van der Waals surface area contributed by atoms with Crippen LogP contribution in [0.1, 0.15) is 19.3 Å². The summed E-state index contributed by atoms with van der Waals surface area (Å²) in [7, 11) is 0. The zero-order chi connectivity index (χ0) is 7.78. The van der Waals surface area contributed by atoms with E-state index in [-0.39, 0.29) is 4.31 Å². The molecule has 5 N–H and O–H groups in total. The van der Waals surface area contributed by atoms with Gasteiger partial charge in [-0.2, -0.15) is 0 Å². The van der Waals surface area contributed by atoms with E-state index in [0.717, 1.165) is 19.3 Å². The van der Waals surface area contributed by atoms with Crippen molar-refractivity contribution in [3.8, 4) is 0 Å². The Morgan fingerprint density at radius 3 is 2.10 bits per heavy atom. The number of hydrogen-bond donors (Lipinski definition) is 3. The van der Waals surface area contributed by atoms with Crippen molar-refractivity contribution in [1.82, 2.24) is 0 Å². The fraction of sp³-hybridized carbons (Fsp3) is 0.800. The van der Waals surface area contributed by atoms with Gasteiger partial charge in [-0.3, -0.25) is 0 Å². The van der Waals surface area contributed by atoms with Crippen LogP contribution in [-0.2, 0) is 16.6 Å². The van der Waals surface area contributed by atoms with Crippen molar-refractivity contribution in [3.05, 3.63) is 0 Å². The average molecular weight is 327 g/mol.